The van der Waals surface area contributed by atoms with Gasteiger partial charge >= 0.3 is 0 Å². The van der Waals surface area contributed by atoms with Gasteiger partial charge in [-0.3, -0.25) is 9.59 Å². The van der Waals surface area contributed by atoms with E-state index in [4.69, 9.17) is 31.0 Å². The second kappa shape index (κ2) is 11.6. The Morgan fingerprint density at radius 2 is 1.90 bits per heavy atom. The number of hydrogen-bond acceptors (Lipinski definition) is 8. The van der Waals surface area contributed by atoms with Gasteiger partial charge in [0.15, 0.2) is 5.82 Å². The van der Waals surface area contributed by atoms with Crippen LogP contribution >= 0.6 is 11.6 Å². The third-order valence-corrected chi connectivity index (χ3v) is 6.66. The number of aromatic nitrogens is 3. The highest BCUT2D eigenvalue weighted by Gasteiger charge is 2.21. The van der Waals surface area contributed by atoms with Crippen LogP contribution in [0.3, 0.4) is 0 Å². The lowest BCUT2D eigenvalue weighted by Crippen LogP contribution is -2.37. The van der Waals surface area contributed by atoms with Gasteiger partial charge < -0.3 is 25.0 Å². The van der Waals surface area contributed by atoms with Gasteiger partial charge in [-0.15, -0.1) is 0 Å². The Bertz CT molecular complexity index is 1540. The van der Waals surface area contributed by atoms with Crippen LogP contribution in [0.1, 0.15) is 22.3 Å². The molecule has 39 heavy (non-hydrogen) atoms. The highest BCUT2D eigenvalue weighted by atomic mass is 35.5. The normalized spacial score (nSPS) is 12.6. The molecule has 0 radical (unpaired) electrons. The molecule has 2 aromatic carbocycles. The zero-order valence-corrected chi connectivity index (χ0v) is 22.3. The fourth-order valence-corrected chi connectivity index (χ4v) is 4.39. The molecule has 2 amide bonds. The van der Waals surface area contributed by atoms with Crippen molar-refractivity contribution in [2.24, 2.45) is 0 Å². The molecule has 0 aliphatic carbocycles. The van der Waals surface area contributed by atoms with E-state index < -0.39 is 0 Å². The lowest BCUT2D eigenvalue weighted by atomic mass is 10.1. The first kappa shape index (κ1) is 26.3. The maximum Gasteiger partial charge on any atom is 0.257 e. The number of fused-ring (bicyclic) bond motifs is 1. The molecule has 200 valence electrons. The Hall–Kier alpha value is -4.28. The minimum Gasteiger partial charge on any atom is -0.481 e. The number of carbonyl (C=O) groups is 2. The van der Waals surface area contributed by atoms with Crippen LogP contribution in [0.5, 0.6) is 5.88 Å². The molecule has 0 bridgehead atoms. The van der Waals surface area contributed by atoms with Gasteiger partial charge in [0.25, 0.3) is 5.91 Å². The van der Waals surface area contributed by atoms with Crippen molar-refractivity contribution in [3.8, 4) is 17.3 Å². The molecule has 1 aliphatic heterocycles. The first-order valence-electron chi connectivity index (χ1n) is 12.4. The van der Waals surface area contributed by atoms with E-state index in [0.29, 0.717) is 33.5 Å². The molecule has 1 saturated heterocycles. The fourth-order valence-electron chi connectivity index (χ4n) is 4.19. The summed E-state index contributed by atoms with van der Waals surface area (Å²) in [6, 6.07) is 14.2. The Kier molecular flexibility index (Phi) is 7.85. The van der Waals surface area contributed by atoms with E-state index in [1.165, 1.54) is 7.11 Å². The summed E-state index contributed by atoms with van der Waals surface area (Å²) >= 11 is 6.35. The van der Waals surface area contributed by atoms with Crippen LogP contribution in [0.15, 0.2) is 54.7 Å². The van der Waals surface area contributed by atoms with Crippen LogP contribution in [0, 0.1) is 0 Å². The number of hydrogen-bond donors (Lipinski definition) is 2. The molecule has 1 fully saturated rings. The fraction of sp³-hybridized carbons (Fsp3) is 0.250. The smallest absolute Gasteiger partial charge is 0.257 e. The molecular formula is C28H27ClN6O4. The predicted octanol–water partition coefficient (Wildman–Crippen LogP) is 4.08. The molecule has 0 spiro atoms. The summed E-state index contributed by atoms with van der Waals surface area (Å²) in [6.45, 7) is 2.05. The number of halogens is 1. The first-order valence-corrected chi connectivity index (χ1v) is 12.8. The van der Waals surface area contributed by atoms with Gasteiger partial charge in [0, 0.05) is 55.6 Å². The van der Waals surface area contributed by atoms with E-state index in [9.17, 15) is 9.59 Å². The van der Waals surface area contributed by atoms with E-state index in [-0.39, 0.29) is 25.0 Å². The van der Waals surface area contributed by atoms with Crippen LogP contribution in [-0.2, 0) is 16.1 Å². The van der Waals surface area contributed by atoms with Crippen molar-refractivity contribution in [2.45, 2.75) is 13.0 Å². The molecule has 11 heteroatoms. The maximum atomic E-state index is 13.2. The van der Waals surface area contributed by atoms with Crippen LogP contribution in [0.4, 0.5) is 11.5 Å². The molecule has 0 atom stereocenters. The van der Waals surface area contributed by atoms with Crippen molar-refractivity contribution >= 4 is 45.8 Å². The molecule has 3 heterocycles. The average molecular weight is 547 g/mol. The van der Waals surface area contributed by atoms with Crippen molar-refractivity contribution in [3.63, 3.8) is 0 Å². The summed E-state index contributed by atoms with van der Waals surface area (Å²) in [5, 5.41) is 6.85. The minimum atomic E-state index is -0.375. The molecule has 4 aromatic rings. The van der Waals surface area contributed by atoms with Gasteiger partial charge in [-0.05, 0) is 48.4 Å². The number of nitrogens with one attached hydrogen (secondary N) is 2. The van der Waals surface area contributed by atoms with Gasteiger partial charge in [-0.1, -0.05) is 17.7 Å². The SMILES string of the molecule is COCC(=O)NCc1ccc(Cl)c(C(=O)Nc2ccc3c(N4CCC4)nc(-c4ccnc(OC)c4)nc3c2)c1. The van der Waals surface area contributed by atoms with Crippen molar-refractivity contribution < 1.29 is 19.1 Å². The maximum absolute atomic E-state index is 13.2. The molecule has 2 N–H and O–H groups in total. The van der Waals surface area contributed by atoms with E-state index in [1.54, 1.807) is 37.6 Å². The van der Waals surface area contributed by atoms with Gasteiger partial charge in [0.05, 0.1) is 23.2 Å². The summed E-state index contributed by atoms with van der Waals surface area (Å²) < 4.78 is 10.1. The van der Waals surface area contributed by atoms with Crippen molar-refractivity contribution in [2.75, 3.05) is 44.1 Å². The Labute approximate surface area is 230 Å². The van der Waals surface area contributed by atoms with Crippen LogP contribution < -0.4 is 20.3 Å². The number of anilines is 2. The van der Waals surface area contributed by atoms with Crippen molar-refractivity contribution in [1.82, 2.24) is 20.3 Å². The predicted molar refractivity (Wildman–Crippen MR) is 149 cm³/mol. The molecule has 2 aromatic heterocycles. The number of methoxy groups -OCH3 is 2. The third kappa shape index (κ3) is 5.92. The lowest BCUT2D eigenvalue weighted by molar-refractivity contribution is -0.124. The molecule has 0 saturated carbocycles. The molecule has 0 unspecified atom stereocenters. The van der Waals surface area contributed by atoms with Crippen LogP contribution in [0.25, 0.3) is 22.3 Å². The quantitative estimate of drug-likeness (QED) is 0.322. The third-order valence-electron chi connectivity index (χ3n) is 6.33. The summed E-state index contributed by atoms with van der Waals surface area (Å²) in [5.74, 6) is 1.24. The highest BCUT2D eigenvalue weighted by Crippen LogP contribution is 2.32. The standard InChI is InChI=1S/C28H27ClN6O4/c1-38-16-24(36)31-15-17-4-7-22(29)21(12-17)28(37)32-19-5-6-20-23(14-19)33-26(34-27(20)35-10-3-11-35)18-8-9-30-25(13-18)39-2/h4-9,12-14H,3,10-11,15-16H2,1-2H3,(H,31,36)(H,32,37). The minimum absolute atomic E-state index is 0.0393. The van der Waals surface area contributed by atoms with Gasteiger partial charge in [-0.25, -0.2) is 15.0 Å². The largest absolute Gasteiger partial charge is 0.481 e. The summed E-state index contributed by atoms with van der Waals surface area (Å²) in [5.41, 5.74) is 3.06. The first-order chi connectivity index (χ1) is 18.9. The van der Waals surface area contributed by atoms with E-state index in [0.717, 1.165) is 41.8 Å². The number of benzene rings is 2. The summed E-state index contributed by atoms with van der Waals surface area (Å²) in [4.78, 5) is 41.0. The molecule has 10 nitrogen and oxygen atoms in total. The molecule has 5 rings (SSSR count). The number of nitrogens with zero attached hydrogens (tertiary/aromatic N) is 4. The second-order valence-electron chi connectivity index (χ2n) is 9.01. The summed E-state index contributed by atoms with van der Waals surface area (Å²) in [6.07, 6.45) is 2.76. The van der Waals surface area contributed by atoms with E-state index >= 15 is 0 Å². The number of amides is 2. The number of pyridine rings is 1. The Balaban J connectivity index is 1.43. The molecule has 1 aliphatic rings. The van der Waals surface area contributed by atoms with E-state index in [2.05, 4.69) is 20.5 Å². The number of carbonyl (C=O) groups excluding carboxylic acids is 2. The van der Waals surface area contributed by atoms with Gasteiger partial charge in [-0.2, -0.15) is 0 Å². The van der Waals surface area contributed by atoms with Crippen molar-refractivity contribution in [1.29, 1.82) is 0 Å². The number of rotatable bonds is 9. The summed E-state index contributed by atoms with van der Waals surface area (Å²) in [7, 11) is 3.01. The van der Waals surface area contributed by atoms with Crippen molar-refractivity contribution in [3.05, 3.63) is 70.9 Å². The number of ether oxygens (including phenoxy) is 2. The van der Waals surface area contributed by atoms with Gasteiger partial charge in [0.1, 0.15) is 12.4 Å². The Morgan fingerprint density at radius 1 is 1.05 bits per heavy atom. The van der Waals surface area contributed by atoms with E-state index in [1.807, 2.05) is 24.3 Å². The topological polar surface area (TPSA) is 119 Å². The zero-order valence-electron chi connectivity index (χ0n) is 21.5. The lowest BCUT2D eigenvalue weighted by Gasteiger charge is -2.33. The zero-order chi connectivity index (χ0) is 27.4. The monoisotopic (exact) mass is 546 g/mol. The second-order valence-corrected chi connectivity index (χ2v) is 9.42. The van der Waals surface area contributed by atoms with Gasteiger partial charge in [0.2, 0.25) is 11.8 Å². The Morgan fingerprint density at radius 3 is 2.64 bits per heavy atom. The van der Waals surface area contributed by atoms with Crippen LogP contribution in [0.2, 0.25) is 5.02 Å². The molecular weight excluding hydrogens is 520 g/mol. The highest BCUT2D eigenvalue weighted by molar-refractivity contribution is 6.34. The average Bonchev–Trinajstić information content (AvgIpc) is 2.91. The van der Waals surface area contributed by atoms with Crippen LogP contribution in [-0.4, -0.2) is 60.7 Å².